The Morgan fingerprint density at radius 1 is 0.851 bits per heavy atom. The number of piperazine rings is 1. The lowest BCUT2D eigenvalue weighted by Crippen LogP contribution is -2.48. The standard InChI is InChI=1S/C57H61N9O7S/c1-34(31-64-26-28-65(29-27-64)37-14-19-43-47(30-37)63(3)62-52(43)44-21-23-51(67)60-55(44)69)33-72-38-15-17-39(18-16-38)73-48-12-7-9-40(35(48)2)41-20-22-50(59-53(41)56(70)71)66-25-24-36-8-6-10-42(45(36)32-66)54(68)61-57-58-46-11-4-5-13-49(46)74-57/h4-14,19-20,22,30,34,38-39,44H,15-18,21,23-29,31-33H2,1-3H3,(H,70,71)(H,58,61,68)(H,60,67,69)/t34-,38?,39?,44?/m0/s1. The van der Waals surface area contributed by atoms with E-state index in [1.807, 2.05) is 96.3 Å². The molecule has 3 amide bonds. The average molecular weight is 1020 g/mol. The highest BCUT2D eigenvalue weighted by molar-refractivity contribution is 7.22. The second-order valence-electron chi connectivity index (χ2n) is 20.3. The normalized spacial score (nSPS) is 19.9. The number of nitrogens with zero attached hydrogens (tertiary/aromatic N) is 7. The molecule has 4 aromatic carbocycles. The third-order valence-corrected chi connectivity index (χ3v) is 16.2. The molecule has 0 bridgehead atoms. The maximum atomic E-state index is 13.7. The predicted octanol–water partition coefficient (Wildman–Crippen LogP) is 8.75. The lowest BCUT2D eigenvalue weighted by atomic mass is 9.93. The Morgan fingerprint density at radius 3 is 2.45 bits per heavy atom. The van der Waals surface area contributed by atoms with Crippen molar-refractivity contribution in [1.29, 1.82) is 0 Å². The Balaban J connectivity index is 0.657. The molecule has 6 heterocycles. The van der Waals surface area contributed by atoms with Crippen molar-refractivity contribution in [2.24, 2.45) is 13.0 Å². The van der Waals surface area contributed by atoms with E-state index in [0.717, 1.165) is 119 Å². The first-order valence-corrected chi connectivity index (χ1v) is 26.7. The lowest BCUT2D eigenvalue weighted by Gasteiger charge is -2.37. The molecule has 7 aromatic rings. The van der Waals surface area contributed by atoms with Gasteiger partial charge in [-0.05, 0) is 128 Å². The number of hydrogen-bond acceptors (Lipinski definition) is 13. The zero-order valence-electron chi connectivity index (χ0n) is 42.0. The zero-order chi connectivity index (χ0) is 51.0. The highest BCUT2D eigenvalue weighted by Gasteiger charge is 2.33. The number of hydrogen-bond donors (Lipinski definition) is 3. The van der Waals surface area contributed by atoms with Gasteiger partial charge in [-0.1, -0.05) is 54.7 Å². The highest BCUT2D eigenvalue weighted by Crippen LogP contribution is 2.37. The number of amides is 3. The van der Waals surface area contributed by atoms with Gasteiger partial charge in [-0.2, -0.15) is 5.10 Å². The number of carbonyl (C=O) groups is 4. The predicted molar refractivity (Wildman–Crippen MR) is 286 cm³/mol. The summed E-state index contributed by atoms with van der Waals surface area (Å²) >= 11 is 1.43. The van der Waals surface area contributed by atoms with Gasteiger partial charge in [0.15, 0.2) is 10.8 Å². The van der Waals surface area contributed by atoms with E-state index in [2.05, 4.69) is 50.5 Å². The second kappa shape index (κ2) is 21.0. The number of pyridine rings is 1. The van der Waals surface area contributed by atoms with Crippen molar-refractivity contribution >= 4 is 72.8 Å². The van der Waals surface area contributed by atoms with Gasteiger partial charge in [-0.25, -0.2) is 14.8 Å². The summed E-state index contributed by atoms with van der Waals surface area (Å²) in [4.78, 5) is 67.2. The van der Waals surface area contributed by atoms with Gasteiger partial charge in [0, 0.05) is 81.5 Å². The van der Waals surface area contributed by atoms with Gasteiger partial charge >= 0.3 is 5.97 Å². The highest BCUT2D eigenvalue weighted by atomic mass is 32.1. The van der Waals surface area contributed by atoms with Gasteiger partial charge in [0.2, 0.25) is 11.8 Å². The quantitative estimate of drug-likeness (QED) is 0.0880. The number of rotatable bonds is 14. The van der Waals surface area contributed by atoms with E-state index < -0.39 is 11.9 Å². The van der Waals surface area contributed by atoms with Crippen LogP contribution in [-0.2, 0) is 34.3 Å². The number of carboxylic acids is 1. The van der Waals surface area contributed by atoms with Crippen LogP contribution in [0.2, 0.25) is 0 Å². The minimum Gasteiger partial charge on any atom is -0.490 e. The molecule has 2 saturated heterocycles. The molecule has 17 heteroatoms. The van der Waals surface area contributed by atoms with E-state index in [-0.39, 0.29) is 35.6 Å². The van der Waals surface area contributed by atoms with Crippen molar-refractivity contribution < 1.29 is 33.8 Å². The fourth-order valence-electron chi connectivity index (χ4n) is 11.3. The molecule has 1 saturated carbocycles. The van der Waals surface area contributed by atoms with E-state index in [1.165, 1.54) is 11.3 Å². The van der Waals surface area contributed by atoms with Crippen molar-refractivity contribution in [3.8, 4) is 16.9 Å². The van der Waals surface area contributed by atoms with Crippen LogP contribution in [0.4, 0.5) is 16.6 Å². The van der Waals surface area contributed by atoms with Gasteiger partial charge in [0.05, 0.1) is 46.2 Å². The minimum atomic E-state index is -1.11. The topological polar surface area (TPSA) is 184 Å². The number of aromatic nitrogens is 4. The number of para-hydroxylation sites is 1. The first kappa shape index (κ1) is 49.0. The van der Waals surface area contributed by atoms with Crippen LogP contribution in [-0.4, -0.2) is 112 Å². The molecule has 3 aliphatic heterocycles. The third kappa shape index (κ3) is 10.2. The Kier molecular flexibility index (Phi) is 13.9. The number of aryl methyl sites for hydroxylation is 1. The average Bonchev–Trinajstić information content (AvgIpc) is 3.97. The molecule has 0 radical (unpaired) electrons. The zero-order valence-corrected chi connectivity index (χ0v) is 42.8. The van der Waals surface area contributed by atoms with E-state index in [0.29, 0.717) is 67.0 Å². The molecule has 2 atom stereocenters. The molecule has 382 valence electrons. The number of anilines is 3. The van der Waals surface area contributed by atoms with E-state index in [1.54, 1.807) is 0 Å². The van der Waals surface area contributed by atoms with E-state index in [9.17, 15) is 24.3 Å². The van der Waals surface area contributed by atoms with Crippen LogP contribution in [0.15, 0.2) is 91.0 Å². The minimum absolute atomic E-state index is 0.0260. The number of carbonyl (C=O) groups excluding carboxylic acids is 3. The van der Waals surface area contributed by atoms with Gasteiger partial charge in [-0.15, -0.1) is 0 Å². The molecule has 4 aliphatic rings. The summed E-state index contributed by atoms with van der Waals surface area (Å²) in [5, 5.41) is 22.2. The number of benzene rings is 4. The van der Waals surface area contributed by atoms with Gasteiger partial charge in [0.25, 0.3) is 5.91 Å². The summed E-state index contributed by atoms with van der Waals surface area (Å²) in [6, 6.07) is 29.4. The number of thiazole rings is 1. The first-order valence-electron chi connectivity index (χ1n) is 25.8. The maximum Gasteiger partial charge on any atom is 0.355 e. The lowest BCUT2D eigenvalue weighted by molar-refractivity contribution is -0.134. The summed E-state index contributed by atoms with van der Waals surface area (Å²) in [7, 11) is 1.91. The smallest absolute Gasteiger partial charge is 0.355 e. The fourth-order valence-corrected chi connectivity index (χ4v) is 12.1. The summed E-state index contributed by atoms with van der Waals surface area (Å²) in [5.74, 6) is -0.593. The molecule has 0 spiro atoms. The number of piperidine rings is 1. The Labute approximate surface area is 433 Å². The number of nitrogens with one attached hydrogen (secondary N) is 2. The van der Waals surface area contributed by atoms with Crippen LogP contribution in [0, 0.1) is 12.8 Å². The third-order valence-electron chi connectivity index (χ3n) is 15.3. The van der Waals surface area contributed by atoms with Crippen molar-refractivity contribution in [2.75, 3.05) is 61.0 Å². The molecule has 16 nitrogen and oxygen atoms in total. The van der Waals surface area contributed by atoms with Crippen LogP contribution in [0.3, 0.4) is 0 Å². The van der Waals surface area contributed by atoms with Crippen LogP contribution >= 0.6 is 11.3 Å². The Hall–Kier alpha value is -7.21. The molecule has 74 heavy (non-hydrogen) atoms. The largest absolute Gasteiger partial charge is 0.490 e. The van der Waals surface area contributed by atoms with Crippen LogP contribution < -0.4 is 25.2 Å². The molecular formula is C57H61N9O7S. The summed E-state index contributed by atoms with van der Waals surface area (Å²) in [6.45, 7) is 10.7. The summed E-state index contributed by atoms with van der Waals surface area (Å²) in [6.07, 6.45) is 5.26. The SMILES string of the molecule is Cc1c(OC2CCC(OC[C@@H](C)CN3CCN(c4ccc5c(C6CCC(=O)NC6=O)nn(C)c5c4)CC3)CC2)cccc1-c1ccc(N2CCc3cccc(C(=O)Nc4nc5ccccc5s4)c3C2)nc1C(=O)O. The molecule has 3 aromatic heterocycles. The van der Waals surface area contributed by atoms with Crippen molar-refractivity contribution in [1.82, 2.24) is 30.0 Å². The Bertz CT molecular complexity index is 3250. The molecule has 3 fully saturated rings. The molecule has 3 N–H and O–H groups in total. The van der Waals surface area contributed by atoms with Crippen molar-refractivity contribution in [3.63, 3.8) is 0 Å². The second-order valence-corrected chi connectivity index (χ2v) is 21.3. The van der Waals surface area contributed by atoms with Gasteiger partial charge < -0.3 is 24.4 Å². The Morgan fingerprint density at radius 2 is 1.65 bits per heavy atom. The molecule has 11 rings (SSSR count). The fraction of sp³-hybridized carbons (Fsp3) is 0.386. The molecule has 1 unspecified atom stereocenters. The van der Waals surface area contributed by atoms with Crippen LogP contribution in [0.5, 0.6) is 5.75 Å². The number of fused-ring (bicyclic) bond motifs is 3. The monoisotopic (exact) mass is 1020 g/mol. The molecule has 1 aliphatic carbocycles. The van der Waals surface area contributed by atoms with Crippen LogP contribution in [0.1, 0.15) is 94.6 Å². The van der Waals surface area contributed by atoms with Gasteiger partial charge in [-0.3, -0.25) is 34.6 Å². The number of imide groups is 1. The summed E-state index contributed by atoms with van der Waals surface area (Å²) in [5.41, 5.74) is 8.35. The first-order chi connectivity index (χ1) is 35.9. The maximum absolute atomic E-state index is 13.7. The molecular weight excluding hydrogens is 955 g/mol. The number of aromatic carboxylic acids is 1. The van der Waals surface area contributed by atoms with Crippen LogP contribution in [0.25, 0.3) is 32.2 Å². The van der Waals surface area contributed by atoms with Gasteiger partial charge in [0.1, 0.15) is 11.6 Å². The van der Waals surface area contributed by atoms with Crippen molar-refractivity contribution in [3.05, 3.63) is 125 Å². The number of carboxylic acid groups (broad SMARTS) is 1. The van der Waals surface area contributed by atoms with E-state index >= 15 is 0 Å². The summed E-state index contributed by atoms with van der Waals surface area (Å²) < 4.78 is 16.0. The van der Waals surface area contributed by atoms with Crippen molar-refractivity contribution in [2.45, 2.75) is 83.5 Å². The van der Waals surface area contributed by atoms with E-state index in [4.69, 9.17) is 19.6 Å². The number of ether oxygens (including phenoxy) is 2.